The number of carbonyl (C=O) groups is 2. The maximum atomic E-state index is 12.7. The van der Waals surface area contributed by atoms with Gasteiger partial charge in [0.15, 0.2) is 0 Å². The van der Waals surface area contributed by atoms with E-state index in [9.17, 15) is 9.59 Å². The van der Waals surface area contributed by atoms with E-state index < -0.39 is 0 Å². The van der Waals surface area contributed by atoms with Gasteiger partial charge in [-0.2, -0.15) is 0 Å². The summed E-state index contributed by atoms with van der Waals surface area (Å²) in [7, 11) is 2.15. The fourth-order valence-electron chi connectivity index (χ4n) is 3.44. The Kier molecular flexibility index (Phi) is 7.64. The molecule has 0 unspecified atom stereocenters. The van der Waals surface area contributed by atoms with Crippen LogP contribution in [0.2, 0.25) is 0 Å². The maximum Gasteiger partial charge on any atom is 0.266 e. The lowest BCUT2D eigenvalue weighted by Crippen LogP contribution is -3.12. The first-order valence-corrected chi connectivity index (χ1v) is 11.2. The number of likely N-dealkylation sites (N-methyl/N-ethyl adjacent to an activating group) is 1. The molecule has 0 aromatic heterocycles. The second-order valence-corrected chi connectivity index (χ2v) is 9.25. The molecule has 2 heterocycles. The molecule has 0 atom stereocenters. The second kappa shape index (κ2) is 10.2. The highest BCUT2D eigenvalue weighted by molar-refractivity contribution is 8.26. The number of thioether (sulfide) groups is 1. The number of nitrogens with one attached hydrogen (secondary N) is 1. The molecule has 2 aliphatic rings. The molecule has 0 aliphatic carbocycles. The zero-order chi connectivity index (χ0) is 20.8. The fraction of sp³-hybridized carbons (Fsp3) is 0.409. The van der Waals surface area contributed by atoms with E-state index in [0.717, 1.165) is 37.3 Å². The number of thiocarbonyl (C=S) groups is 1. The van der Waals surface area contributed by atoms with E-state index in [1.165, 1.54) is 16.7 Å². The molecule has 0 radical (unpaired) electrons. The molecule has 3 rings (SSSR count). The number of quaternary nitrogens is 1. The Balaban J connectivity index is 1.52. The van der Waals surface area contributed by atoms with Crippen molar-refractivity contribution < 1.29 is 14.5 Å². The Hall–Kier alpha value is -1.96. The number of rotatable bonds is 6. The van der Waals surface area contributed by atoms with E-state index in [1.54, 1.807) is 4.90 Å². The average Bonchev–Trinajstić information content (AvgIpc) is 2.96. The minimum absolute atomic E-state index is 0.0588. The third-order valence-corrected chi connectivity index (χ3v) is 6.55. The number of allylic oxidation sites excluding steroid dienone is 2. The van der Waals surface area contributed by atoms with Gasteiger partial charge in [0.25, 0.3) is 5.91 Å². The lowest BCUT2D eigenvalue weighted by atomic mass is 10.1. The minimum Gasteiger partial charge on any atom is -0.334 e. The molecule has 2 aliphatic heterocycles. The van der Waals surface area contributed by atoms with Gasteiger partial charge in [0.05, 0.1) is 38.1 Å². The Morgan fingerprint density at radius 1 is 1.24 bits per heavy atom. The minimum atomic E-state index is -0.0588. The second-order valence-electron chi connectivity index (χ2n) is 7.57. The highest BCUT2D eigenvalue weighted by Crippen LogP contribution is 2.32. The molecule has 5 nitrogen and oxygen atoms in total. The molecule has 7 heteroatoms. The molecule has 1 N–H and O–H groups in total. The lowest BCUT2D eigenvalue weighted by molar-refractivity contribution is -0.883. The monoisotopic (exact) mass is 430 g/mol. The van der Waals surface area contributed by atoms with Crippen molar-refractivity contribution in [2.45, 2.75) is 19.8 Å². The molecule has 0 saturated carbocycles. The molecule has 0 spiro atoms. The van der Waals surface area contributed by atoms with Gasteiger partial charge < -0.3 is 9.80 Å². The molecular formula is C22H28N3O2S2+. The topological polar surface area (TPSA) is 45.1 Å². The van der Waals surface area contributed by atoms with Crippen molar-refractivity contribution in [2.75, 3.05) is 39.8 Å². The molecule has 0 bridgehead atoms. The summed E-state index contributed by atoms with van der Waals surface area (Å²) in [6.07, 6.45) is 5.03. The van der Waals surface area contributed by atoms with Crippen LogP contribution < -0.4 is 4.90 Å². The molecule has 1 aromatic carbocycles. The van der Waals surface area contributed by atoms with Crippen LogP contribution in [-0.4, -0.2) is 65.7 Å². The smallest absolute Gasteiger partial charge is 0.266 e. The van der Waals surface area contributed by atoms with Crippen LogP contribution in [0, 0.1) is 0 Å². The van der Waals surface area contributed by atoms with Gasteiger partial charge in [-0.1, -0.05) is 60.4 Å². The summed E-state index contributed by atoms with van der Waals surface area (Å²) in [5.41, 5.74) is 2.10. The molecule has 154 valence electrons. The quantitative estimate of drug-likeness (QED) is 0.554. The van der Waals surface area contributed by atoms with E-state index in [-0.39, 0.29) is 11.8 Å². The first-order valence-electron chi connectivity index (χ1n) is 10.0. The number of nitrogens with zero attached hydrogens (tertiary/aromatic N) is 2. The largest absolute Gasteiger partial charge is 0.334 e. The number of carbonyl (C=O) groups excluding carboxylic acids is 2. The van der Waals surface area contributed by atoms with Gasteiger partial charge >= 0.3 is 0 Å². The van der Waals surface area contributed by atoms with Crippen LogP contribution in [0.4, 0.5) is 0 Å². The van der Waals surface area contributed by atoms with Crippen molar-refractivity contribution in [3.63, 3.8) is 0 Å². The summed E-state index contributed by atoms with van der Waals surface area (Å²) < 4.78 is 0.574. The predicted octanol–water partition coefficient (Wildman–Crippen LogP) is 1.97. The summed E-state index contributed by atoms with van der Waals surface area (Å²) in [6.45, 7) is 6.12. The van der Waals surface area contributed by atoms with Crippen LogP contribution in [0.25, 0.3) is 6.08 Å². The predicted molar refractivity (Wildman–Crippen MR) is 123 cm³/mol. The van der Waals surface area contributed by atoms with Gasteiger partial charge in [-0.25, -0.2) is 0 Å². The third kappa shape index (κ3) is 6.01. The zero-order valence-corrected chi connectivity index (χ0v) is 18.7. The van der Waals surface area contributed by atoms with E-state index in [2.05, 4.69) is 7.05 Å². The van der Waals surface area contributed by atoms with Crippen molar-refractivity contribution in [1.29, 1.82) is 0 Å². The Morgan fingerprint density at radius 2 is 1.93 bits per heavy atom. The third-order valence-electron chi connectivity index (χ3n) is 5.17. The van der Waals surface area contributed by atoms with Gasteiger partial charge in [0, 0.05) is 13.0 Å². The van der Waals surface area contributed by atoms with Crippen LogP contribution in [0.1, 0.15) is 25.3 Å². The highest BCUT2D eigenvalue weighted by Gasteiger charge is 2.31. The number of piperazine rings is 1. The fourth-order valence-corrected chi connectivity index (χ4v) is 4.80. The molecular weight excluding hydrogens is 402 g/mol. The van der Waals surface area contributed by atoms with Crippen molar-refractivity contribution >= 4 is 46.2 Å². The van der Waals surface area contributed by atoms with Crippen molar-refractivity contribution in [1.82, 2.24) is 9.80 Å². The van der Waals surface area contributed by atoms with Gasteiger partial charge in [-0.3, -0.25) is 14.5 Å². The standard InChI is InChI=1S/C22H27N3O2S2/c1-17(15-18-7-4-3-5-8-18)16-19-21(27)25(22(28)29-19)10-6-9-20(26)24-13-11-23(2)12-14-24/h3-5,7-8,15-16H,6,9-14H2,1-2H3/p+1/b17-15+,19-16-. The van der Waals surface area contributed by atoms with Gasteiger partial charge in [-0.15, -0.1) is 0 Å². The van der Waals surface area contributed by atoms with Crippen LogP contribution in [-0.2, 0) is 9.59 Å². The summed E-state index contributed by atoms with van der Waals surface area (Å²) in [5, 5.41) is 0. The summed E-state index contributed by atoms with van der Waals surface area (Å²) >= 11 is 6.74. The number of hydrogen-bond acceptors (Lipinski definition) is 4. The normalized spacial score (nSPS) is 20.1. The molecule has 2 saturated heterocycles. The van der Waals surface area contributed by atoms with Crippen LogP contribution >= 0.6 is 24.0 Å². The number of hydrogen-bond donors (Lipinski definition) is 1. The highest BCUT2D eigenvalue weighted by atomic mass is 32.2. The van der Waals surface area contributed by atoms with Crippen LogP contribution in [0.15, 0.2) is 46.9 Å². The number of amides is 2. The van der Waals surface area contributed by atoms with E-state index in [1.807, 2.05) is 54.3 Å². The molecule has 2 fully saturated rings. The van der Waals surface area contributed by atoms with E-state index in [4.69, 9.17) is 12.2 Å². The van der Waals surface area contributed by atoms with Gasteiger partial charge in [0.2, 0.25) is 5.91 Å². The van der Waals surface area contributed by atoms with E-state index >= 15 is 0 Å². The van der Waals surface area contributed by atoms with Crippen molar-refractivity contribution in [3.05, 3.63) is 52.4 Å². The molecule has 29 heavy (non-hydrogen) atoms. The first kappa shape index (κ1) is 21.7. The van der Waals surface area contributed by atoms with E-state index in [0.29, 0.717) is 28.6 Å². The summed E-state index contributed by atoms with van der Waals surface area (Å²) in [5.74, 6) is 0.122. The maximum absolute atomic E-state index is 12.7. The number of benzene rings is 1. The SMILES string of the molecule is CC(/C=C1\SC(=S)N(CCCC(=O)N2CC[NH+](C)CC2)C1=O)=C\c1ccccc1. The Labute approximate surface area is 182 Å². The van der Waals surface area contributed by atoms with Crippen molar-refractivity contribution in [2.24, 2.45) is 0 Å². The first-order chi connectivity index (χ1) is 13.9. The van der Waals surface area contributed by atoms with Crippen LogP contribution in [0.3, 0.4) is 0 Å². The molecule has 1 aromatic rings. The Morgan fingerprint density at radius 3 is 2.62 bits per heavy atom. The van der Waals surface area contributed by atoms with Crippen molar-refractivity contribution in [3.8, 4) is 0 Å². The van der Waals surface area contributed by atoms with Gasteiger partial charge in [0.1, 0.15) is 4.32 Å². The lowest BCUT2D eigenvalue weighted by Gasteiger charge is -2.30. The Bertz CT molecular complexity index is 828. The zero-order valence-electron chi connectivity index (χ0n) is 17.0. The molecule has 2 amide bonds. The summed E-state index contributed by atoms with van der Waals surface area (Å²) in [4.78, 5) is 30.8. The van der Waals surface area contributed by atoms with Gasteiger partial charge in [-0.05, 0) is 30.6 Å². The summed E-state index contributed by atoms with van der Waals surface area (Å²) in [6, 6.07) is 10.0. The average molecular weight is 431 g/mol. The van der Waals surface area contributed by atoms with Crippen LogP contribution in [0.5, 0.6) is 0 Å².